The van der Waals surface area contributed by atoms with Crippen molar-refractivity contribution in [1.29, 1.82) is 0 Å². The molecular formula is C9H11BrO. The van der Waals surface area contributed by atoms with Crippen molar-refractivity contribution in [2.75, 3.05) is 0 Å². The van der Waals surface area contributed by atoms with Gasteiger partial charge >= 0.3 is 0 Å². The van der Waals surface area contributed by atoms with Crippen LogP contribution in [-0.2, 0) is 4.79 Å². The van der Waals surface area contributed by atoms with Crippen LogP contribution in [0.5, 0.6) is 0 Å². The first kappa shape index (κ1) is 10.4. The highest BCUT2D eigenvalue weighted by atomic mass is 79.9. The number of aldehydes is 1. The lowest BCUT2D eigenvalue weighted by Crippen LogP contribution is -1.89. The molecule has 2 heteroatoms. The maximum absolute atomic E-state index is 10.3. The van der Waals surface area contributed by atoms with Crippen LogP contribution in [0, 0.1) is 0 Å². The molecule has 0 aliphatic carbocycles. The Morgan fingerprint density at radius 2 is 1.73 bits per heavy atom. The summed E-state index contributed by atoms with van der Waals surface area (Å²) in [4.78, 5) is 10.3. The van der Waals surface area contributed by atoms with Crippen LogP contribution in [0.4, 0.5) is 0 Å². The van der Waals surface area contributed by atoms with Crippen molar-refractivity contribution in [3.8, 4) is 0 Å². The van der Waals surface area contributed by atoms with Crippen molar-refractivity contribution in [2.45, 2.75) is 13.8 Å². The SMILES string of the molecule is C=C(Br)/C(C)=C(/C)C(=C)C=O. The zero-order valence-corrected chi connectivity index (χ0v) is 8.36. The van der Waals surface area contributed by atoms with Crippen molar-refractivity contribution in [3.63, 3.8) is 0 Å². The van der Waals surface area contributed by atoms with Gasteiger partial charge in [0, 0.05) is 10.1 Å². The summed E-state index contributed by atoms with van der Waals surface area (Å²) < 4.78 is 0.790. The van der Waals surface area contributed by atoms with Crippen LogP contribution in [0.1, 0.15) is 13.8 Å². The van der Waals surface area contributed by atoms with Crippen molar-refractivity contribution < 1.29 is 4.79 Å². The average molecular weight is 215 g/mol. The minimum atomic E-state index is 0.503. The molecule has 60 valence electrons. The normalized spacial score (nSPS) is 11.9. The molecule has 1 nitrogen and oxygen atoms in total. The van der Waals surface area contributed by atoms with Crippen LogP contribution in [0.3, 0.4) is 0 Å². The van der Waals surface area contributed by atoms with Crippen LogP contribution in [0.15, 0.2) is 34.4 Å². The topological polar surface area (TPSA) is 17.1 Å². The summed E-state index contributed by atoms with van der Waals surface area (Å²) >= 11 is 3.23. The van der Waals surface area contributed by atoms with Gasteiger partial charge in [-0.15, -0.1) is 0 Å². The molecule has 0 aromatic carbocycles. The summed E-state index contributed by atoms with van der Waals surface area (Å²) in [6.07, 6.45) is 0.745. The van der Waals surface area contributed by atoms with Gasteiger partial charge in [0.1, 0.15) is 6.29 Å². The molecule has 0 heterocycles. The molecule has 0 rings (SSSR count). The summed E-state index contributed by atoms with van der Waals surface area (Å²) in [6, 6.07) is 0. The van der Waals surface area contributed by atoms with Gasteiger partial charge in [-0.1, -0.05) is 29.1 Å². The zero-order chi connectivity index (χ0) is 9.02. The van der Waals surface area contributed by atoms with Crippen LogP contribution >= 0.6 is 15.9 Å². The molecule has 0 amide bonds. The van der Waals surface area contributed by atoms with Crippen molar-refractivity contribution in [2.24, 2.45) is 0 Å². The molecule has 11 heavy (non-hydrogen) atoms. The molecule has 0 radical (unpaired) electrons. The molecule has 0 saturated heterocycles. The Kier molecular flexibility index (Phi) is 4.04. The second-order valence-electron chi connectivity index (χ2n) is 2.30. The molecule has 0 aromatic heterocycles. The Hall–Kier alpha value is -0.630. The Bertz CT molecular complexity index is 236. The number of hydrogen-bond donors (Lipinski definition) is 0. The molecule has 0 bridgehead atoms. The van der Waals surface area contributed by atoms with Crippen molar-refractivity contribution >= 4 is 22.2 Å². The number of hydrogen-bond acceptors (Lipinski definition) is 1. The van der Waals surface area contributed by atoms with E-state index in [1.807, 2.05) is 13.8 Å². The third kappa shape index (κ3) is 2.85. The third-order valence-electron chi connectivity index (χ3n) is 1.59. The van der Waals surface area contributed by atoms with Gasteiger partial charge in [-0.2, -0.15) is 0 Å². The zero-order valence-electron chi connectivity index (χ0n) is 6.78. The predicted octanol–water partition coefficient (Wildman–Crippen LogP) is 2.99. The lowest BCUT2D eigenvalue weighted by Gasteiger charge is -2.03. The fraction of sp³-hybridized carbons (Fsp3) is 0.222. The highest BCUT2D eigenvalue weighted by Gasteiger charge is 2.01. The van der Waals surface area contributed by atoms with E-state index >= 15 is 0 Å². The van der Waals surface area contributed by atoms with E-state index in [4.69, 9.17) is 0 Å². The highest BCUT2D eigenvalue weighted by molar-refractivity contribution is 9.11. The maximum Gasteiger partial charge on any atom is 0.149 e. The van der Waals surface area contributed by atoms with Gasteiger partial charge < -0.3 is 0 Å². The molecule has 0 aliphatic rings. The second-order valence-corrected chi connectivity index (χ2v) is 3.26. The second kappa shape index (κ2) is 4.29. The van der Waals surface area contributed by atoms with Gasteiger partial charge in [0.15, 0.2) is 0 Å². The maximum atomic E-state index is 10.3. The highest BCUT2D eigenvalue weighted by Crippen LogP contribution is 2.20. The molecule has 0 spiro atoms. The Balaban J connectivity index is 4.80. The van der Waals surface area contributed by atoms with E-state index in [0.29, 0.717) is 5.57 Å². The molecule has 0 aliphatic heterocycles. The number of carbonyl (C=O) groups excluding carboxylic acids is 1. The molecule has 0 N–H and O–H groups in total. The van der Waals surface area contributed by atoms with Gasteiger partial charge in [0.05, 0.1) is 0 Å². The van der Waals surface area contributed by atoms with Crippen LogP contribution in [0.25, 0.3) is 0 Å². The van der Waals surface area contributed by atoms with E-state index in [2.05, 4.69) is 29.1 Å². The fourth-order valence-corrected chi connectivity index (χ4v) is 0.830. The fourth-order valence-electron chi connectivity index (χ4n) is 0.533. The summed E-state index contributed by atoms with van der Waals surface area (Å²) in [5.41, 5.74) is 2.34. The summed E-state index contributed by atoms with van der Waals surface area (Å²) in [5, 5.41) is 0. The van der Waals surface area contributed by atoms with Gasteiger partial charge in [-0.05, 0) is 25.0 Å². The first-order valence-electron chi connectivity index (χ1n) is 3.17. The largest absolute Gasteiger partial charge is 0.298 e. The van der Waals surface area contributed by atoms with E-state index in [1.165, 1.54) is 0 Å². The van der Waals surface area contributed by atoms with E-state index in [0.717, 1.165) is 21.9 Å². The van der Waals surface area contributed by atoms with Gasteiger partial charge in [0.25, 0.3) is 0 Å². The van der Waals surface area contributed by atoms with Crippen LogP contribution in [0.2, 0.25) is 0 Å². The van der Waals surface area contributed by atoms with Gasteiger partial charge in [-0.25, -0.2) is 0 Å². The summed E-state index contributed by atoms with van der Waals surface area (Å²) in [7, 11) is 0. The first-order valence-corrected chi connectivity index (χ1v) is 3.96. The molecule has 0 saturated carbocycles. The van der Waals surface area contributed by atoms with Crippen molar-refractivity contribution in [1.82, 2.24) is 0 Å². The van der Waals surface area contributed by atoms with E-state index in [9.17, 15) is 4.79 Å². The van der Waals surface area contributed by atoms with Gasteiger partial charge in [-0.3, -0.25) is 4.79 Å². The Morgan fingerprint density at radius 1 is 1.27 bits per heavy atom. The Morgan fingerprint density at radius 3 is 2.00 bits per heavy atom. The molecule has 0 atom stereocenters. The predicted molar refractivity (Wildman–Crippen MR) is 51.6 cm³/mol. The standard InChI is InChI=1S/C9H11BrO/c1-6(5-11)7(2)8(3)9(4)10/h5H,1,4H2,2-3H3/b8-7-. The Labute approximate surface area is 75.6 Å². The lowest BCUT2D eigenvalue weighted by atomic mass is 10.1. The summed E-state index contributed by atoms with van der Waals surface area (Å²) in [6.45, 7) is 11.0. The molecule has 0 aromatic rings. The average Bonchev–Trinajstić information content (AvgIpc) is 2.00. The van der Waals surface area contributed by atoms with E-state index in [1.54, 1.807) is 0 Å². The first-order chi connectivity index (χ1) is 5.00. The molecule has 0 unspecified atom stereocenters. The number of carbonyl (C=O) groups is 1. The number of halogens is 1. The lowest BCUT2D eigenvalue weighted by molar-refractivity contribution is -0.104. The van der Waals surface area contributed by atoms with E-state index < -0.39 is 0 Å². The third-order valence-corrected chi connectivity index (χ3v) is 2.19. The minimum Gasteiger partial charge on any atom is -0.298 e. The van der Waals surface area contributed by atoms with Crippen LogP contribution < -0.4 is 0 Å². The molecular weight excluding hydrogens is 204 g/mol. The smallest absolute Gasteiger partial charge is 0.149 e. The van der Waals surface area contributed by atoms with Gasteiger partial charge in [0.2, 0.25) is 0 Å². The summed E-state index contributed by atoms with van der Waals surface area (Å²) in [5.74, 6) is 0. The minimum absolute atomic E-state index is 0.503. The number of rotatable bonds is 3. The molecule has 0 fully saturated rings. The number of allylic oxidation sites excluding steroid dienone is 4. The van der Waals surface area contributed by atoms with Crippen LogP contribution in [-0.4, -0.2) is 6.29 Å². The van der Waals surface area contributed by atoms with E-state index in [-0.39, 0.29) is 0 Å². The monoisotopic (exact) mass is 214 g/mol. The quantitative estimate of drug-likeness (QED) is 0.401. The van der Waals surface area contributed by atoms with Crippen molar-refractivity contribution in [3.05, 3.63) is 34.4 Å².